The Balaban J connectivity index is 1.33. The Morgan fingerprint density at radius 3 is 2.69 bits per heavy atom. The zero-order valence-corrected chi connectivity index (χ0v) is 15.1. The van der Waals surface area contributed by atoms with Gasteiger partial charge in [-0.15, -0.1) is 0 Å². The van der Waals surface area contributed by atoms with Crippen molar-refractivity contribution >= 4 is 17.4 Å². The molecule has 136 valence electrons. The average molecular weight is 351 g/mol. The predicted octanol–water partition coefficient (Wildman–Crippen LogP) is 3.75. The number of aryl methyl sites for hydroxylation is 1. The third-order valence-corrected chi connectivity index (χ3v) is 5.15. The van der Waals surface area contributed by atoms with E-state index in [1.807, 2.05) is 36.1 Å². The Kier molecular flexibility index (Phi) is 4.69. The van der Waals surface area contributed by atoms with Crippen molar-refractivity contribution in [3.05, 3.63) is 54.1 Å². The molecule has 0 unspecified atom stereocenters. The first-order valence-electron chi connectivity index (χ1n) is 9.38. The molecule has 0 aliphatic carbocycles. The van der Waals surface area contributed by atoms with Crippen molar-refractivity contribution < 1.29 is 9.53 Å². The first-order valence-corrected chi connectivity index (χ1v) is 9.38. The van der Waals surface area contributed by atoms with Crippen LogP contribution < -0.4 is 15.0 Å². The quantitative estimate of drug-likeness (QED) is 0.912. The molecule has 5 heteroatoms. The minimum Gasteiger partial charge on any atom is -0.494 e. The molecule has 4 rings (SSSR count). The number of hydrogen-bond donors (Lipinski definition) is 1. The Bertz CT molecular complexity index is 769. The number of ether oxygens (including phenoxy) is 1. The molecule has 2 amide bonds. The summed E-state index contributed by atoms with van der Waals surface area (Å²) in [5, 5.41) is 2.97. The highest BCUT2D eigenvalue weighted by Gasteiger charge is 2.36. The third kappa shape index (κ3) is 3.34. The van der Waals surface area contributed by atoms with E-state index in [-0.39, 0.29) is 6.03 Å². The van der Waals surface area contributed by atoms with E-state index in [1.54, 1.807) is 0 Å². The molecule has 1 saturated heterocycles. The van der Waals surface area contributed by atoms with Crippen LogP contribution in [0.1, 0.15) is 18.9 Å². The number of rotatable bonds is 4. The maximum atomic E-state index is 12.4. The van der Waals surface area contributed by atoms with E-state index < -0.39 is 0 Å². The Morgan fingerprint density at radius 2 is 1.92 bits per heavy atom. The number of nitrogens with one attached hydrogen (secondary N) is 1. The molecular formula is C21H25N3O2. The van der Waals surface area contributed by atoms with Crippen molar-refractivity contribution in [3.63, 3.8) is 0 Å². The van der Waals surface area contributed by atoms with Crippen LogP contribution in [-0.2, 0) is 6.42 Å². The first kappa shape index (κ1) is 16.8. The zero-order chi connectivity index (χ0) is 17.9. The molecule has 2 aliphatic rings. The summed E-state index contributed by atoms with van der Waals surface area (Å²) in [5.74, 6) is 0.818. The van der Waals surface area contributed by atoms with Crippen molar-refractivity contribution in [2.24, 2.45) is 0 Å². The second kappa shape index (κ2) is 7.28. The molecule has 0 radical (unpaired) electrons. The van der Waals surface area contributed by atoms with Crippen LogP contribution in [0.5, 0.6) is 5.75 Å². The summed E-state index contributed by atoms with van der Waals surface area (Å²) in [6, 6.07) is 16.5. The summed E-state index contributed by atoms with van der Waals surface area (Å²) < 4.78 is 5.43. The van der Waals surface area contributed by atoms with Gasteiger partial charge in [-0.2, -0.15) is 0 Å². The number of benzene rings is 2. The van der Waals surface area contributed by atoms with Gasteiger partial charge in [0.1, 0.15) is 5.75 Å². The molecule has 1 N–H and O–H groups in total. The highest BCUT2D eigenvalue weighted by molar-refractivity contribution is 5.90. The maximum absolute atomic E-state index is 12.4. The van der Waals surface area contributed by atoms with Gasteiger partial charge in [-0.3, -0.25) is 0 Å². The minimum atomic E-state index is -0.0318. The van der Waals surface area contributed by atoms with Crippen LogP contribution in [-0.4, -0.2) is 43.2 Å². The average Bonchev–Trinajstić information content (AvgIpc) is 2.63. The SMILES string of the molecule is CCOc1ccc(NC(=O)N2CC(N3CCCc4ccccc43)C2)cc1. The molecule has 2 aliphatic heterocycles. The highest BCUT2D eigenvalue weighted by Crippen LogP contribution is 2.31. The van der Waals surface area contributed by atoms with Gasteiger partial charge >= 0.3 is 6.03 Å². The standard InChI is InChI=1S/C21H25N3O2/c1-2-26-19-11-9-17(10-12-19)22-21(25)23-14-18(15-23)24-13-5-7-16-6-3-4-8-20(16)24/h3-4,6,8-12,18H,2,5,7,13-15H2,1H3,(H,22,25). The maximum Gasteiger partial charge on any atom is 0.321 e. The number of para-hydroxylation sites is 1. The normalized spacial score (nSPS) is 16.7. The molecule has 0 spiro atoms. The molecule has 26 heavy (non-hydrogen) atoms. The molecule has 0 aromatic heterocycles. The van der Waals surface area contributed by atoms with Crippen molar-refractivity contribution in [1.29, 1.82) is 0 Å². The second-order valence-electron chi connectivity index (χ2n) is 6.87. The number of anilines is 2. The van der Waals surface area contributed by atoms with Crippen molar-refractivity contribution in [2.45, 2.75) is 25.8 Å². The van der Waals surface area contributed by atoms with Gasteiger partial charge < -0.3 is 19.9 Å². The van der Waals surface area contributed by atoms with Crippen LogP contribution in [0.3, 0.4) is 0 Å². The van der Waals surface area contributed by atoms with Crippen LogP contribution in [0.25, 0.3) is 0 Å². The van der Waals surface area contributed by atoms with Gasteiger partial charge in [-0.05, 0) is 55.7 Å². The van der Waals surface area contributed by atoms with Gasteiger partial charge in [-0.25, -0.2) is 4.79 Å². The number of nitrogens with zero attached hydrogens (tertiary/aromatic N) is 2. The topological polar surface area (TPSA) is 44.8 Å². The second-order valence-corrected chi connectivity index (χ2v) is 6.87. The summed E-state index contributed by atoms with van der Waals surface area (Å²) >= 11 is 0. The van der Waals surface area contributed by atoms with E-state index in [4.69, 9.17) is 4.74 Å². The smallest absolute Gasteiger partial charge is 0.321 e. The predicted molar refractivity (Wildman–Crippen MR) is 104 cm³/mol. The number of urea groups is 1. The third-order valence-electron chi connectivity index (χ3n) is 5.15. The van der Waals surface area contributed by atoms with Crippen molar-refractivity contribution in [2.75, 3.05) is 36.5 Å². The van der Waals surface area contributed by atoms with Crippen LogP contribution in [0.4, 0.5) is 16.2 Å². The largest absolute Gasteiger partial charge is 0.494 e. The number of fused-ring (bicyclic) bond motifs is 1. The van der Waals surface area contributed by atoms with E-state index in [0.717, 1.165) is 37.5 Å². The lowest BCUT2D eigenvalue weighted by atomic mass is 9.97. The molecule has 2 heterocycles. The number of likely N-dealkylation sites (tertiary alicyclic amines) is 1. The molecule has 2 aromatic rings. The summed E-state index contributed by atoms with van der Waals surface area (Å²) in [5.41, 5.74) is 3.57. The summed E-state index contributed by atoms with van der Waals surface area (Å²) in [4.78, 5) is 16.8. The molecule has 0 saturated carbocycles. The van der Waals surface area contributed by atoms with Crippen LogP contribution in [0, 0.1) is 0 Å². The molecule has 1 fully saturated rings. The van der Waals surface area contributed by atoms with Gasteiger partial charge in [0, 0.05) is 31.0 Å². The Labute approximate surface area is 154 Å². The van der Waals surface area contributed by atoms with E-state index in [9.17, 15) is 4.79 Å². The van der Waals surface area contributed by atoms with Gasteiger partial charge in [0.15, 0.2) is 0 Å². The number of carbonyl (C=O) groups is 1. The van der Waals surface area contributed by atoms with E-state index in [0.29, 0.717) is 12.6 Å². The monoisotopic (exact) mass is 351 g/mol. The molecule has 5 nitrogen and oxygen atoms in total. The van der Waals surface area contributed by atoms with Gasteiger partial charge in [0.2, 0.25) is 0 Å². The van der Waals surface area contributed by atoms with Crippen LogP contribution in [0.2, 0.25) is 0 Å². The molecular weight excluding hydrogens is 326 g/mol. The van der Waals surface area contributed by atoms with Crippen LogP contribution in [0.15, 0.2) is 48.5 Å². The first-order chi connectivity index (χ1) is 12.7. The van der Waals surface area contributed by atoms with Crippen LogP contribution >= 0.6 is 0 Å². The minimum absolute atomic E-state index is 0.0318. The number of amides is 2. The van der Waals surface area contributed by atoms with Crippen molar-refractivity contribution in [1.82, 2.24) is 4.90 Å². The Hall–Kier alpha value is -2.69. The van der Waals surface area contributed by atoms with E-state index >= 15 is 0 Å². The fourth-order valence-electron chi connectivity index (χ4n) is 3.76. The van der Waals surface area contributed by atoms with E-state index in [2.05, 4.69) is 34.5 Å². The Morgan fingerprint density at radius 1 is 1.15 bits per heavy atom. The van der Waals surface area contributed by atoms with Gasteiger partial charge in [0.25, 0.3) is 0 Å². The van der Waals surface area contributed by atoms with E-state index in [1.165, 1.54) is 17.7 Å². The fraction of sp³-hybridized carbons (Fsp3) is 0.381. The lowest BCUT2D eigenvalue weighted by Crippen LogP contribution is -2.62. The fourth-order valence-corrected chi connectivity index (χ4v) is 3.76. The van der Waals surface area contributed by atoms with Crippen molar-refractivity contribution in [3.8, 4) is 5.75 Å². The van der Waals surface area contributed by atoms with Gasteiger partial charge in [-0.1, -0.05) is 18.2 Å². The number of carbonyl (C=O) groups excluding carboxylic acids is 1. The zero-order valence-electron chi connectivity index (χ0n) is 15.1. The molecule has 0 bridgehead atoms. The summed E-state index contributed by atoms with van der Waals surface area (Å²) in [7, 11) is 0. The number of hydrogen-bond acceptors (Lipinski definition) is 3. The molecule has 2 aromatic carbocycles. The highest BCUT2D eigenvalue weighted by atomic mass is 16.5. The molecule has 0 atom stereocenters. The summed E-state index contributed by atoms with van der Waals surface area (Å²) in [6.07, 6.45) is 2.34. The summed E-state index contributed by atoms with van der Waals surface area (Å²) in [6.45, 7) is 5.22. The van der Waals surface area contributed by atoms with Gasteiger partial charge in [0.05, 0.1) is 12.6 Å². The lowest BCUT2D eigenvalue weighted by Gasteiger charge is -2.48. The lowest BCUT2D eigenvalue weighted by molar-refractivity contribution is 0.160.